The van der Waals surface area contributed by atoms with Gasteiger partial charge in [0, 0.05) is 21.2 Å². The number of carbonyl (C=O) groups excluding carboxylic acids is 1. The Morgan fingerprint density at radius 3 is 2.90 bits per heavy atom. The molecule has 0 aliphatic heterocycles. The lowest BCUT2D eigenvalue weighted by molar-refractivity contribution is -0.146. The number of aliphatic carboxylic acids is 1. The van der Waals surface area contributed by atoms with Crippen LogP contribution < -0.4 is 5.32 Å². The Bertz CT molecular complexity index is 531. The average Bonchev–Trinajstić information content (AvgIpc) is 2.82. The Morgan fingerprint density at radius 2 is 2.29 bits per heavy atom. The van der Waals surface area contributed by atoms with Crippen molar-refractivity contribution < 1.29 is 14.7 Å². The highest BCUT2D eigenvalue weighted by Gasteiger charge is 2.41. The average molecular weight is 374 g/mol. The van der Waals surface area contributed by atoms with Crippen molar-refractivity contribution in [2.24, 2.45) is 5.92 Å². The molecule has 1 aromatic rings. The van der Waals surface area contributed by atoms with Crippen LogP contribution >= 0.6 is 27.3 Å². The van der Waals surface area contributed by atoms with E-state index in [1.807, 2.05) is 18.4 Å². The normalized spacial score (nSPS) is 25.5. The lowest BCUT2D eigenvalue weighted by Gasteiger charge is -2.39. The highest BCUT2D eigenvalue weighted by molar-refractivity contribution is 9.10. The maximum absolute atomic E-state index is 12.2. The quantitative estimate of drug-likeness (QED) is 0.828. The summed E-state index contributed by atoms with van der Waals surface area (Å²) in [6.07, 6.45) is 4.36. The summed E-state index contributed by atoms with van der Waals surface area (Å²) in [5, 5.41) is 14.3. The molecule has 2 N–H and O–H groups in total. The number of carbonyl (C=O) groups is 2. The number of hydrogen-bond acceptors (Lipinski definition) is 3. The predicted molar refractivity (Wildman–Crippen MR) is 86.5 cm³/mol. The smallest absolute Gasteiger partial charge is 0.308 e. The third kappa shape index (κ3) is 4.30. The Labute approximate surface area is 137 Å². The van der Waals surface area contributed by atoms with Crippen LogP contribution in [-0.2, 0) is 16.0 Å². The molecule has 1 heterocycles. The summed E-state index contributed by atoms with van der Waals surface area (Å²) in [5.74, 6) is -1.35. The zero-order valence-corrected chi connectivity index (χ0v) is 14.4. The van der Waals surface area contributed by atoms with Crippen LogP contribution in [0.5, 0.6) is 0 Å². The van der Waals surface area contributed by atoms with Crippen LogP contribution in [0.1, 0.15) is 43.9 Å². The zero-order chi connectivity index (χ0) is 15.5. The first-order chi connectivity index (χ1) is 9.90. The molecule has 0 spiro atoms. The molecule has 1 fully saturated rings. The van der Waals surface area contributed by atoms with Crippen molar-refractivity contribution in [3.05, 3.63) is 20.8 Å². The number of carboxylic acid groups (broad SMARTS) is 1. The van der Waals surface area contributed by atoms with E-state index in [1.54, 1.807) is 11.3 Å². The molecule has 0 radical (unpaired) electrons. The maximum atomic E-state index is 12.2. The summed E-state index contributed by atoms with van der Waals surface area (Å²) in [6.45, 7) is 1.87. The van der Waals surface area contributed by atoms with E-state index in [9.17, 15) is 14.7 Å². The molecule has 2 rings (SSSR count). The first kappa shape index (κ1) is 16.5. The molecular formula is C15H20BrNO3S. The lowest BCUT2D eigenvalue weighted by Crippen LogP contribution is -2.55. The second-order valence-electron chi connectivity index (χ2n) is 5.83. The van der Waals surface area contributed by atoms with Gasteiger partial charge >= 0.3 is 5.97 Å². The third-order valence-corrected chi connectivity index (χ3v) is 5.91. The molecule has 2 atom stereocenters. The number of carboxylic acids is 1. The molecule has 1 amide bonds. The number of thiophene rings is 1. The van der Waals surface area contributed by atoms with Crippen molar-refractivity contribution in [1.82, 2.24) is 5.32 Å². The van der Waals surface area contributed by atoms with Crippen LogP contribution in [0.25, 0.3) is 0 Å². The highest BCUT2D eigenvalue weighted by atomic mass is 79.9. The SMILES string of the molecule is CC1(NC(=O)CCc2cc(Br)cs2)CCCCC1C(=O)O. The first-order valence-electron chi connectivity index (χ1n) is 7.17. The molecule has 1 aliphatic rings. The monoisotopic (exact) mass is 373 g/mol. The topological polar surface area (TPSA) is 66.4 Å². The molecule has 1 aliphatic carbocycles. The molecule has 0 bridgehead atoms. The van der Waals surface area contributed by atoms with E-state index in [2.05, 4.69) is 21.2 Å². The minimum Gasteiger partial charge on any atom is -0.481 e. The second kappa shape index (κ2) is 6.92. The van der Waals surface area contributed by atoms with Crippen molar-refractivity contribution in [3.63, 3.8) is 0 Å². The van der Waals surface area contributed by atoms with Gasteiger partial charge in [0.15, 0.2) is 0 Å². The highest BCUT2D eigenvalue weighted by Crippen LogP contribution is 2.34. The van der Waals surface area contributed by atoms with E-state index in [-0.39, 0.29) is 5.91 Å². The Kier molecular flexibility index (Phi) is 5.43. The largest absolute Gasteiger partial charge is 0.481 e. The van der Waals surface area contributed by atoms with Crippen molar-refractivity contribution in [3.8, 4) is 0 Å². The molecule has 1 saturated carbocycles. The zero-order valence-electron chi connectivity index (χ0n) is 12.0. The van der Waals surface area contributed by atoms with Gasteiger partial charge in [0.05, 0.1) is 11.5 Å². The van der Waals surface area contributed by atoms with Gasteiger partial charge in [-0.15, -0.1) is 11.3 Å². The van der Waals surface area contributed by atoms with Crippen LogP contribution in [0.15, 0.2) is 15.9 Å². The van der Waals surface area contributed by atoms with E-state index in [1.165, 1.54) is 0 Å². The number of aryl methyl sites for hydroxylation is 1. The lowest BCUT2D eigenvalue weighted by atomic mass is 9.74. The molecule has 6 heteroatoms. The van der Waals surface area contributed by atoms with E-state index >= 15 is 0 Å². The van der Waals surface area contributed by atoms with Gasteiger partial charge in [-0.05, 0) is 48.2 Å². The fourth-order valence-electron chi connectivity index (χ4n) is 2.98. The summed E-state index contributed by atoms with van der Waals surface area (Å²) in [4.78, 5) is 24.7. The van der Waals surface area contributed by atoms with Crippen LogP contribution in [0, 0.1) is 5.92 Å². The van der Waals surface area contributed by atoms with Gasteiger partial charge < -0.3 is 10.4 Å². The minimum absolute atomic E-state index is 0.0600. The van der Waals surface area contributed by atoms with Crippen molar-refractivity contribution in [1.29, 1.82) is 0 Å². The summed E-state index contributed by atoms with van der Waals surface area (Å²) in [6, 6.07) is 2.01. The Balaban J connectivity index is 1.92. The number of hydrogen-bond donors (Lipinski definition) is 2. The van der Waals surface area contributed by atoms with Crippen LogP contribution in [-0.4, -0.2) is 22.5 Å². The maximum Gasteiger partial charge on any atom is 0.308 e. The fourth-order valence-corrected chi connectivity index (χ4v) is 4.44. The van der Waals surface area contributed by atoms with Crippen molar-refractivity contribution >= 4 is 39.1 Å². The van der Waals surface area contributed by atoms with E-state index < -0.39 is 17.4 Å². The molecule has 1 aromatic heterocycles. The molecular weight excluding hydrogens is 354 g/mol. The van der Waals surface area contributed by atoms with Gasteiger partial charge in [0.25, 0.3) is 0 Å². The molecule has 21 heavy (non-hydrogen) atoms. The van der Waals surface area contributed by atoms with Gasteiger partial charge in [0.2, 0.25) is 5.91 Å². The Morgan fingerprint density at radius 1 is 1.52 bits per heavy atom. The number of amides is 1. The molecule has 0 saturated heterocycles. The van der Waals surface area contributed by atoms with Crippen LogP contribution in [0.4, 0.5) is 0 Å². The second-order valence-corrected chi connectivity index (χ2v) is 7.74. The molecule has 116 valence electrons. The fraction of sp³-hybridized carbons (Fsp3) is 0.600. The van der Waals surface area contributed by atoms with Gasteiger partial charge in [-0.25, -0.2) is 0 Å². The van der Waals surface area contributed by atoms with Crippen LogP contribution in [0.2, 0.25) is 0 Å². The van der Waals surface area contributed by atoms with E-state index in [0.717, 1.165) is 28.6 Å². The Hall–Kier alpha value is -0.880. The molecule has 4 nitrogen and oxygen atoms in total. The van der Waals surface area contributed by atoms with Gasteiger partial charge in [-0.2, -0.15) is 0 Å². The molecule has 2 unspecified atom stereocenters. The minimum atomic E-state index is -0.806. The van der Waals surface area contributed by atoms with E-state index in [0.29, 0.717) is 19.3 Å². The van der Waals surface area contributed by atoms with Gasteiger partial charge in [-0.1, -0.05) is 12.8 Å². The predicted octanol–water partition coefficient (Wildman–Crippen LogP) is 3.59. The van der Waals surface area contributed by atoms with Crippen LogP contribution in [0.3, 0.4) is 0 Å². The molecule has 0 aromatic carbocycles. The number of halogens is 1. The van der Waals surface area contributed by atoms with Crippen molar-refractivity contribution in [2.75, 3.05) is 0 Å². The van der Waals surface area contributed by atoms with Gasteiger partial charge in [0.1, 0.15) is 0 Å². The summed E-state index contributed by atoms with van der Waals surface area (Å²) >= 11 is 5.02. The van der Waals surface area contributed by atoms with Crippen molar-refractivity contribution in [2.45, 2.75) is 51.0 Å². The summed E-state index contributed by atoms with van der Waals surface area (Å²) < 4.78 is 1.04. The van der Waals surface area contributed by atoms with E-state index in [4.69, 9.17) is 0 Å². The third-order valence-electron chi connectivity index (χ3n) is 4.15. The first-order valence-corrected chi connectivity index (χ1v) is 8.85. The number of nitrogens with one attached hydrogen (secondary N) is 1. The summed E-state index contributed by atoms with van der Waals surface area (Å²) in [7, 11) is 0. The van der Waals surface area contributed by atoms with Gasteiger partial charge in [-0.3, -0.25) is 9.59 Å². The number of rotatable bonds is 5. The summed E-state index contributed by atoms with van der Waals surface area (Å²) in [5.41, 5.74) is -0.614. The standard InChI is InChI=1S/C15H20BrNO3S/c1-15(7-3-2-4-12(15)14(19)20)17-13(18)6-5-11-8-10(16)9-21-11/h8-9,12H,2-7H2,1H3,(H,17,18)(H,19,20).